The van der Waals surface area contributed by atoms with E-state index >= 15 is 0 Å². The van der Waals surface area contributed by atoms with E-state index in [1.54, 1.807) is 0 Å². The fourth-order valence-electron chi connectivity index (χ4n) is 2.70. The maximum absolute atomic E-state index is 6.39. The Hall–Kier alpha value is -0.860. The monoisotopic (exact) mass is 247 g/mol. The molecule has 0 aromatic heterocycles. The van der Waals surface area contributed by atoms with Gasteiger partial charge in [0.25, 0.3) is 0 Å². The Bertz CT molecular complexity index is 413. The van der Waals surface area contributed by atoms with Crippen molar-refractivity contribution in [2.45, 2.75) is 64.2 Å². The van der Waals surface area contributed by atoms with Crippen LogP contribution in [0.5, 0.6) is 0 Å². The van der Waals surface area contributed by atoms with Gasteiger partial charge < -0.3 is 10.5 Å². The molecule has 0 radical (unpaired) electrons. The van der Waals surface area contributed by atoms with Crippen LogP contribution in [0.3, 0.4) is 0 Å². The number of hydrogen-bond acceptors (Lipinski definition) is 2. The van der Waals surface area contributed by atoms with Crippen LogP contribution in [-0.4, -0.2) is 11.7 Å². The number of rotatable bonds is 3. The minimum absolute atomic E-state index is 0.00299. The lowest BCUT2D eigenvalue weighted by molar-refractivity contribution is -0.0913. The topological polar surface area (TPSA) is 35.2 Å². The first-order valence-corrected chi connectivity index (χ1v) is 6.97. The quantitative estimate of drug-likeness (QED) is 0.882. The van der Waals surface area contributed by atoms with E-state index in [-0.39, 0.29) is 17.7 Å². The number of benzene rings is 1. The minimum Gasteiger partial charge on any atom is -0.370 e. The van der Waals surface area contributed by atoms with Crippen molar-refractivity contribution in [3.05, 3.63) is 35.4 Å². The van der Waals surface area contributed by atoms with Crippen LogP contribution in [0.4, 0.5) is 0 Å². The molecule has 0 bridgehead atoms. The minimum atomic E-state index is -0.0890. The Balaban J connectivity index is 2.23. The summed E-state index contributed by atoms with van der Waals surface area (Å²) in [6, 6.07) is 8.51. The van der Waals surface area contributed by atoms with Crippen molar-refractivity contribution in [2.75, 3.05) is 0 Å². The molecule has 0 saturated heterocycles. The van der Waals surface area contributed by atoms with Crippen molar-refractivity contribution in [1.29, 1.82) is 0 Å². The van der Waals surface area contributed by atoms with Gasteiger partial charge >= 0.3 is 0 Å². The van der Waals surface area contributed by atoms with Crippen LogP contribution < -0.4 is 5.73 Å². The summed E-state index contributed by atoms with van der Waals surface area (Å²) < 4.78 is 6.24. The van der Waals surface area contributed by atoms with Gasteiger partial charge in [0.05, 0.1) is 17.7 Å². The van der Waals surface area contributed by atoms with Gasteiger partial charge in [-0.2, -0.15) is 0 Å². The third-order valence-electron chi connectivity index (χ3n) is 4.19. The molecule has 0 spiro atoms. The van der Waals surface area contributed by atoms with E-state index in [0.717, 1.165) is 12.8 Å². The molecule has 3 atom stereocenters. The van der Waals surface area contributed by atoms with Crippen LogP contribution in [-0.2, 0) is 4.74 Å². The zero-order chi connectivity index (χ0) is 13.3. The molecule has 0 amide bonds. The fraction of sp³-hybridized carbons (Fsp3) is 0.625. The summed E-state index contributed by atoms with van der Waals surface area (Å²) in [5, 5.41) is 0. The van der Waals surface area contributed by atoms with Crippen LogP contribution in [0.15, 0.2) is 24.3 Å². The highest BCUT2D eigenvalue weighted by Gasteiger charge is 2.34. The van der Waals surface area contributed by atoms with Gasteiger partial charge in [-0.15, -0.1) is 0 Å². The first kappa shape index (κ1) is 13.6. The molecule has 0 saturated carbocycles. The average molecular weight is 247 g/mol. The van der Waals surface area contributed by atoms with E-state index in [4.69, 9.17) is 10.5 Å². The summed E-state index contributed by atoms with van der Waals surface area (Å²) in [7, 11) is 0. The SMILES string of the molecule is CCC(C)(C)OC1CC(C)c2ccccc2C1N. The molecule has 0 heterocycles. The fourth-order valence-corrected chi connectivity index (χ4v) is 2.70. The third-order valence-corrected chi connectivity index (χ3v) is 4.19. The van der Waals surface area contributed by atoms with Crippen LogP contribution in [0.1, 0.15) is 63.6 Å². The number of ether oxygens (including phenoxy) is 1. The molecular formula is C16H25NO. The lowest BCUT2D eigenvalue weighted by Crippen LogP contribution is -2.40. The van der Waals surface area contributed by atoms with Crippen molar-refractivity contribution in [3.8, 4) is 0 Å². The lowest BCUT2D eigenvalue weighted by Gasteiger charge is -2.39. The van der Waals surface area contributed by atoms with Gasteiger partial charge in [-0.25, -0.2) is 0 Å². The molecule has 2 rings (SSSR count). The first-order valence-electron chi connectivity index (χ1n) is 6.97. The summed E-state index contributed by atoms with van der Waals surface area (Å²) in [5.41, 5.74) is 8.95. The molecule has 1 aliphatic carbocycles. The molecule has 3 unspecified atom stereocenters. The molecule has 1 aromatic carbocycles. The number of fused-ring (bicyclic) bond motifs is 1. The zero-order valence-electron chi connectivity index (χ0n) is 11.9. The van der Waals surface area contributed by atoms with Gasteiger partial charge in [-0.1, -0.05) is 38.1 Å². The van der Waals surface area contributed by atoms with Gasteiger partial charge in [0.15, 0.2) is 0 Å². The first-order chi connectivity index (χ1) is 8.44. The van der Waals surface area contributed by atoms with E-state index < -0.39 is 0 Å². The summed E-state index contributed by atoms with van der Waals surface area (Å²) in [4.78, 5) is 0. The van der Waals surface area contributed by atoms with E-state index in [2.05, 4.69) is 52.0 Å². The van der Waals surface area contributed by atoms with Crippen molar-refractivity contribution in [1.82, 2.24) is 0 Å². The smallest absolute Gasteiger partial charge is 0.0780 e. The lowest BCUT2D eigenvalue weighted by atomic mass is 9.79. The van der Waals surface area contributed by atoms with Crippen LogP contribution in [0.2, 0.25) is 0 Å². The summed E-state index contributed by atoms with van der Waals surface area (Å²) in [6.45, 7) is 8.71. The largest absolute Gasteiger partial charge is 0.370 e. The van der Waals surface area contributed by atoms with Crippen molar-refractivity contribution >= 4 is 0 Å². The van der Waals surface area contributed by atoms with Crippen LogP contribution >= 0.6 is 0 Å². The second-order valence-electron chi connectivity index (χ2n) is 6.06. The summed E-state index contributed by atoms with van der Waals surface area (Å²) >= 11 is 0. The zero-order valence-corrected chi connectivity index (χ0v) is 11.9. The molecule has 0 aliphatic heterocycles. The highest BCUT2D eigenvalue weighted by Crippen LogP contribution is 2.39. The van der Waals surface area contributed by atoms with Crippen LogP contribution in [0, 0.1) is 0 Å². The van der Waals surface area contributed by atoms with E-state index in [1.165, 1.54) is 11.1 Å². The normalized spacial score (nSPS) is 27.9. The van der Waals surface area contributed by atoms with Crippen molar-refractivity contribution in [2.24, 2.45) is 5.73 Å². The second kappa shape index (κ2) is 5.02. The van der Waals surface area contributed by atoms with Gasteiger partial charge in [-0.05, 0) is 43.7 Å². The second-order valence-corrected chi connectivity index (χ2v) is 6.06. The molecule has 2 heteroatoms. The molecule has 18 heavy (non-hydrogen) atoms. The molecule has 1 aromatic rings. The Morgan fingerprint density at radius 1 is 1.28 bits per heavy atom. The predicted molar refractivity (Wildman–Crippen MR) is 75.6 cm³/mol. The third kappa shape index (κ3) is 2.60. The van der Waals surface area contributed by atoms with Gasteiger partial charge in [0.2, 0.25) is 0 Å². The maximum atomic E-state index is 6.39. The maximum Gasteiger partial charge on any atom is 0.0780 e. The molecule has 1 aliphatic rings. The molecule has 100 valence electrons. The van der Waals surface area contributed by atoms with E-state index in [9.17, 15) is 0 Å². The molecule has 0 fully saturated rings. The number of hydrogen-bond donors (Lipinski definition) is 1. The Labute approximate surface area is 111 Å². The predicted octanol–water partition coefficient (Wildman–Crippen LogP) is 3.77. The Kier molecular flexibility index (Phi) is 3.79. The van der Waals surface area contributed by atoms with Gasteiger partial charge in [0.1, 0.15) is 0 Å². The molecular weight excluding hydrogens is 222 g/mol. The van der Waals surface area contributed by atoms with Gasteiger partial charge in [-0.3, -0.25) is 0 Å². The standard InChI is InChI=1S/C16H25NO/c1-5-16(3,4)18-14-10-11(2)12-8-6-7-9-13(12)15(14)17/h6-9,11,14-15H,5,10,17H2,1-4H3. The van der Waals surface area contributed by atoms with Crippen molar-refractivity contribution < 1.29 is 4.74 Å². The van der Waals surface area contributed by atoms with E-state index in [0.29, 0.717) is 5.92 Å². The van der Waals surface area contributed by atoms with Gasteiger partial charge in [0, 0.05) is 0 Å². The summed E-state index contributed by atoms with van der Waals surface area (Å²) in [6.07, 6.45) is 2.15. The van der Waals surface area contributed by atoms with E-state index in [1.807, 2.05) is 0 Å². The average Bonchev–Trinajstić information content (AvgIpc) is 2.35. The van der Waals surface area contributed by atoms with Crippen LogP contribution in [0.25, 0.3) is 0 Å². The molecule has 2 nitrogen and oxygen atoms in total. The Morgan fingerprint density at radius 3 is 2.50 bits per heavy atom. The molecule has 2 N–H and O–H groups in total. The summed E-state index contributed by atoms with van der Waals surface area (Å²) in [5.74, 6) is 0.527. The highest BCUT2D eigenvalue weighted by molar-refractivity contribution is 5.36. The number of nitrogens with two attached hydrogens (primary N) is 1. The van der Waals surface area contributed by atoms with Crippen molar-refractivity contribution in [3.63, 3.8) is 0 Å². The Morgan fingerprint density at radius 2 is 1.89 bits per heavy atom. The highest BCUT2D eigenvalue weighted by atomic mass is 16.5.